The van der Waals surface area contributed by atoms with Crippen LogP contribution in [0.5, 0.6) is 0 Å². The van der Waals surface area contributed by atoms with Gasteiger partial charge in [0.1, 0.15) is 4.83 Å². The lowest BCUT2D eigenvalue weighted by atomic mass is 10.0. The Bertz CT molecular complexity index is 784. The summed E-state index contributed by atoms with van der Waals surface area (Å²) in [6.07, 6.45) is 5.44. The first-order chi connectivity index (χ1) is 10.0. The van der Waals surface area contributed by atoms with Crippen molar-refractivity contribution in [1.29, 1.82) is 0 Å². The van der Waals surface area contributed by atoms with Crippen LogP contribution in [0.4, 0.5) is 0 Å². The average Bonchev–Trinajstić information content (AvgIpc) is 2.97. The fourth-order valence-electron chi connectivity index (χ4n) is 3.34. The molecule has 1 N–H and O–H groups in total. The molecule has 0 radical (unpaired) electrons. The molecule has 0 aliphatic heterocycles. The van der Waals surface area contributed by atoms with E-state index in [9.17, 15) is 4.79 Å². The second kappa shape index (κ2) is 5.69. The van der Waals surface area contributed by atoms with Gasteiger partial charge >= 0.3 is 0 Å². The fraction of sp³-hybridized carbons (Fsp3) is 0.625. The van der Waals surface area contributed by atoms with Crippen LogP contribution in [0.25, 0.3) is 10.2 Å². The zero-order valence-electron chi connectivity index (χ0n) is 12.9. The van der Waals surface area contributed by atoms with Gasteiger partial charge in [0.05, 0.1) is 5.39 Å². The number of hydrogen-bond donors (Lipinski definition) is 1. The minimum absolute atomic E-state index is 0.115. The molecule has 0 amide bonds. The Morgan fingerprint density at radius 1 is 1.38 bits per heavy atom. The number of aromatic amines is 1. The lowest BCUT2D eigenvalue weighted by molar-refractivity contribution is 0.387. The lowest BCUT2D eigenvalue weighted by Gasteiger charge is -2.18. The Morgan fingerprint density at radius 3 is 2.86 bits per heavy atom. The maximum Gasteiger partial charge on any atom is 0.263 e. The molecule has 2 atom stereocenters. The van der Waals surface area contributed by atoms with E-state index < -0.39 is 0 Å². The molecule has 1 aliphatic carbocycles. The van der Waals surface area contributed by atoms with E-state index >= 15 is 0 Å². The number of aryl methyl sites for hydroxylation is 2. The quantitative estimate of drug-likeness (QED) is 0.835. The SMILES string of the molecule is CCC(C)CC(C)n1c(=S)[nH]c2sc3c(c2c1=O)CCC3. The molecule has 2 aromatic rings. The van der Waals surface area contributed by atoms with Crippen LogP contribution in [0.15, 0.2) is 4.79 Å². The van der Waals surface area contributed by atoms with Crippen molar-refractivity contribution in [3.8, 4) is 0 Å². The second-order valence-electron chi connectivity index (χ2n) is 6.26. The van der Waals surface area contributed by atoms with Crippen molar-refractivity contribution in [1.82, 2.24) is 9.55 Å². The molecule has 0 bridgehead atoms. The third-order valence-electron chi connectivity index (χ3n) is 4.67. The maximum absolute atomic E-state index is 13.0. The van der Waals surface area contributed by atoms with Crippen molar-refractivity contribution in [2.75, 3.05) is 0 Å². The lowest BCUT2D eigenvalue weighted by Crippen LogP contribution is -2.26. The summed E-state index contributed by atoms with van der Waals surface area (Å²) in [5, 5.41) is 0.900. The van der Waals surface area contributed by atoms with Gasteiger partial charge in [0.15, 0.2) is 4.77 Å². The van der Waals surface area contributed by atoms with Gasteiger partial charge in [-0.3, -0.25) is 9.36 Å². The number of nitrogens with zero attached hydrogens (tertiary/aromatic N) is 1. The van der Waals surface area contributed by atoms with Crippen molar-refractivity contribution < 1.29 is 0 Å². The van der Waals surface area contributed by atoms with Crippen LogP contribution < -0.4 is 5.56 Å². The number of thiophene rings is 1. The first-order valence-corrected chi connectivity index (χ1v) is 9.04. The highest BCUT2D eigenvalue weighted by Crippen LogP contribution is 2.34. The molecule has 5 heteroatoms. The summed E-state index contributed by atoms with van der Waals surface area (Å²) in [6, 6.07) is 0.151. The van der Waals surface area contributed by atoms with Crippen molar-refractivity contribution in [2.24, 2.45) is 5.92 Å². The molecular weight excluding hydrogens is 300 g/mol. The van der Waals surface area contributed by atoms with Crippen LogP contribution in [0, 0.1) is 10.7 Å². The minimum Gasteiger partial charge on any atom is -0.323 e. The molecule has 0 saturated heterocycles. The molecule has 114 valence electrons. The monoisotopic (exact) mass is 322 g/mol. The summed E-state index contributed by atoms with van der Waals surface area (Å²) < 4.78 is 2.37. The zero-order chi connectivity index (χ0) is 15.1. The summed E-state index contributed by atoms with van der Waals surface area (Å²) in [7, 11) is 0. The highest BCUT2D eigenvalue weighted by Gasteiger charge is 2.23. The smallest absolute Gasteiger partial charge is 0.263 e. The standard InChI is InChI=1S/C16H22N2OS2/c1-4-9(2)8-10(3)18-15(19)13-11-6-5-7-12(11)21-14(13)17-16(18)20/h9-10H,4-8H2,1-3H3,(H,17,20). The number of nitrogens with one attached hydrogen (secondary N) is 1. The first-order valence-electron chi connectivity index (χ1n) is 7.82. The topological polar surface area (TPSA) is 37.8 Å². The van der Waals surface area contributed by atoms with Crippen molar-refractivity contribution in [3.63, 3.8) is 0 Å². The van der Waals surface area contributed by atoms with E-state index in [1.807, 2.05) is 0 Å². The predicted molar refractivity (Wildman–Crippen MR) is 92.1 cm³/mol. The predicted octanol–water partition coefficient (Wildman–Crippen LogP) is 4.61. The van der Waals surface area contributed by atoms with Gasteiger partial charge in [-0.05, 0) is 56.3 Å². The summed E-state index contributed by atoms with van der Waals surface area (Å²) >= 11 is 7.17. The number of aromatic nitrogens is 2. The van der Waals surface area contributed by atoms with Crippen molar-refractivity contribution in [2.45, 2.75) is 58.9 Å². The highest BCUT2D eigenvalue weighted by molar-refractivity contribution is 7.71. The largest absolute Gasteiger partial charge is 0.323 e. The second-order valence-corrected chi connectivity index (χ2v) is 7.76. The molecular formula is C16H22N2OS2. The molecule has 2 unspecified atom stereocenters. The van der Waals surface area contributed by atoms with E-state index in [1.165, 1.54) is 16.9 Å². The molecule has 0 spiro atoms. The van der Waals surface area contributed by atoms with Gasteiger partial charge in [0, 0.05) is 10.9 Å². The Labute approximate surface area is 134 Å². The van der Waals surface area contributed by atoms with E-state index in [-0.39, 0.29) is 11.6 Å². The molecule has 3 nitrogen and oxygen atoms in total. The Kier molecular flexibility index (Phi) is 4.06. The maximum atomic E-state index is 13.0. The van der Waals surface area contributed by atoms with Crippen LogP contribution >= 0.6 is 23.6 Å². The molecule has 2 heterocycles. The third-order valence-corrected chi connectivity index (χ3v) is 6.18. The van der Waals surface area contributed by atoms with Gasteiger partial charge in [0.2, 0.25) is 0 Å². The van der Waals surface area contributed by atoms with Gasteiger partial charge in [-0.2, -0.15) is 0 Å². The van der Waals surface area contributed by atoms with E-state index in [4.69, 9.17) is 12.2 Å². The summed E-state index contributed by atoms with van der Waals surface area (Å²) in [5.41, 5.74) is 1.39. The van der Waals surface area contributed by atoms with Crippen LogP contribution in [0.3, 0.4) is 0 Å². The van der Waals surface area contributed by atoms with E-state index in [0.29, 0.717) is 10.7 Å². The van der Waals surface area contributed by atoms with E-state index in [0.717, 1.165) is 35.9 Å². The molecule has 1 aliphatic rings. The molecule has 21 heavy (non-hydrogen) atoms. The first kappa shape index (κ1) is 15.0. The average molecular weight is 322 g/mol. The van der Waals surface area contributed by atoms with E-state index in [1.54, 1.807) is 15.9 Å². The fourth-order valence-corrected chi connectivity index (χ4v) is 5.05. The summed E-state index contributed by atoms with van der Waals surface area (Å²) in [5.74, 6) is 0.602. The van der Waals surface area contributed by atoms with Crippen LogP contribution in [-0.4, -0.2) is 9.55 Å². The summed E-state index contributed by atoms with van der Waals surface area (Å²) in [4.78, 5) is 18.6. The zero-order valence-corrected chi connectivity index (χ0v) is 14.5. The van der Waals surface area contributed by atoms with Gasteiger partial charge in [-0.1, -0.05) is 20.3 Å². The normalized spacial score (nSPS) is 17.1. The van der Waals surface area contributed by atoms with Crippen molar-refractivity contribution >= 4 is 33.8 Å². The number of hydrogen-bond acceptors (Lipinski definition) is 3. The summed E-state index contributed by atoms with van der Waals surface area (Å²) in [6.45, 7) is 6.53. The van der Waals surface area contributed by atoms with Gasteiger partial charge in [0.25, 0.3) is 5.56 Å². The van der Waals surface area contributed by atoms with Crippen LogP contribution in [0.1, 0.15) is 56.5 Å². The Balaban J connectivity index is 2.15. The van der Waals surface area contributed by atoms with Gasteiger partial charge < -0.3 is 4.98 Å². The van der Waals surface area contributed by atoms with E-state index in [2.05, 4.69) is 25.8 Å². The van der Waals surface area contributed by atoms with Gasteiger partial charge in [-0.15, -0.1) is 11.3 Å². The molecule has 0 saturated carbocycles. The Morgan fingerprint density at radius 2 is 2.14 bits per heavy atom. The molecule has 2 aromatic heterocycles. The number of rotatable bonds is 4. The van der Waals surface area contributed by atoms with Gasteiger partial charge in [-0.25, -0.2) is 0 Å². The molecule has 3 rings (SSSR count). The van der Waals surface area contributed by atoms with Crippen LogP contribution in [0.2, 0.25) is 0 Å². The highest BCUT2D eigenvalue weighted by atomic mass is 32.1. The van der Waals surface area contributed by atoms with Crippen molar-refractivity contribution in [3.05, 3.63) is 25.6 Å². The Hall–Kier alpha value is -0.940. The third kappa shape index (κ3) is 2.50. The molecule has 0 aromatic carbocycles. The molecule has 0 fully saturated rings. The minimum atomic E-state index is 0.115. The number of H-pyrrole nitrogens is 1. The number of fused-ring (bicyclic) bond motifs is 3. The van der Waals surface area contributed by atoms with Crippen LogP contribution in [-0.2, 0) is 12.8 Å².